The average molecular weight is 288 g/mol. The van der Waals surface area contributed by atoms with E-state index < -0.39 is 5.60 Å². The normalized spacial score (nSPS) is 17.2. The van der Waals surface area contributed by atoms with E-state index in [2.05, 4.69) is 15.1 Å². The van der Waals surface area contributed by atoms with Gasteiger partial charge in [-0.3, -0.25) is 9.48 Å². The summed E-state index contributed by atoms with van der Waals surface area (Å²) < 4.78 is 7.67. The van der Waals surface area contributed by atoms with E-state index in [1.165, 1.54) is 6.07 Å². The second kappa shape index (κ2) is 5.44. The molecule has 1 aliphatic carbocycles. The van der Waals surface area contributed by atoms with E-state index in [-0.39, 0.29) is 5.56 Å². The van der Waals surface area contributed by atoms with Gasteiger partial charge in [0.2, 0.25) is 0 Å². The van der Waals surface area contributed by atoms with Crippen molar-refractivity contribution in [1.29, 1.82) is 0 Å². The van der Waals surface area contributed by atoms with Gasteiger partial charge in [0, 0.05) is 31.5 Å². The van der Waals surface area contributed by atoms with Gasteiger partial charge in [0.1, 0.15) is 11.4 Å². The molecule has 0 saturated heterocycles. The first-order valence-corrected chi connectivity index (χ1v) is 7.38. The minimum absolute atomic E-state index is 0.148. The van der Waals surface area contributed by atoms with Gasteiger partial charge in [-0.05, 0) is 32.6 Å². The molecule has 3 rings (SSSR count). The highest BCUT2D eigenvalue weighted by atomic mass is 16.5. The number of hydrogen-bond acceptors (Lipinski definition) is 4. The van der Waals surface area contributed by atoms with Crippen molar-refractivity contribution in [2.45, 2.75) is 38.2 Å². The first-order valence-electron chi connectivity index (χ1n) is 7.38. The lowest BCUT2D eigenvalue weighted by molar-refractivity contribution is -0.0457. The molecule has 2 aromatic rings. The second-order valence-electron chi connectivity index (χ2n) is 5.52. The van der Waals surface area contributed by atoms with Crippen molar-refractivity contribution >= 4 is 0 Å². The Morgan fingerprint density at radius 2 is 2.19 bits per heavy atom. The highest BCUT2D eigenvalue weighted by Crippen LogP contribution is 2.40. The second-order valence-corrected chi connectivity index (χ2v) is 5.52. The fourth-order valence-corrected chi connectivity index (χ4v) is 3.05. The molecule has 6 heteroatoms. The Bertz CT molecular complexity index is 683. The van der Waals surface area contributed by atoms with Crippen molar-refractivity contribution < 1.29 is 4.74 Å². The van der Waals surface area contributed by atoms with E-state index in [1.54, 1.807) is 10.9 Å². The van der Waals surface area contributed by atoms with Crippen LogP contribution in [0.2, 0.25) is 0 Å². The van der Waals surface area contributed by atoms with Gasteiger partial charge in [0.15, 0.2) is 0 Å². The van der Waals surface area contributed by atoms with Crippen molar-refractivity contribution in [3.8, 4) is 11.3 Å². The summed E-state index contributed by atoms with van der Waals surface area (Å²) >= 11 is 0. The number of H-pyrrole nitrogens is 1. The Morgan fingerprint density at radius 1 is 1.43 bits per heavy atom. The summed E-state index contributed by atoms with van der Waals surface area (Å²) in [6.07, 6.45) is 7.57. The van der Waals surface area contributed by atoms with Crippen LogP contribution in [0.15, 0.2) is 23.3 Å². The molecular weight excluding hydrogens is 268 g/mol. The molecule has 0 spiro atoms. The maximum atomic E-state index is 12.0. The summed E-state index contributed by atoms with van der Waals surface area (Å²) in [5.41, 5.74) is 0.902. The highest BCUT2D eigenvalue weighted by Gasteiger charge is 2.39. The number of aryl methyl sites for hydroxylation is 1. The summed E-state index contributed by atoms with van der Waals surface area (Å²) in [5, 5.41) is 4.14. The van der Waals surface area contributed by atoms with Gasteiger partial charge in [-0.15, -0.1) is 0 Å². The monoisotopic (exact) mass is 288 g/mol. The predicted molar refractivity (Wildman–Crippen MR) is 78.8 cm³/mol. The maximum Gasteiger partial charge on any atom is 0.251 e. The summed E-state index contributed by atoms with van der Waals surface area (Å²) in [5.74, 6) is 0.646. The lowest BCUT2D eigenvalue weighted by atomic mass is 10.0. The quantitative estimate of drug-likeness (QED) is 0.933. The van der Waals surface area contributed by atoms with Crippen molar-refractivity contribution in [2.24, 2.45) is 7.05 Å². The number of aromatic amines is 1. The molecule has 112 valence electrons. The summed E-state index contributed by atoms with van der Waals surface area (Å²) in [6.45, 7) is 2.59. The molecule has 0 aromatic carbocycles. The molecule has 0 unspecified atom stereocenters. The van der Waals surface area contributed by atoms with Crippen LogP contribution in [0.1, 0.15) is 38.4 Å². The molecule has 2 aromatic heterocycles. The molecule has 0 amide bonds. The Morgan fingerprint density at radius 3 is 2.81 bits per heavy atom. The fraction of sp³-hybridized carbons (Fsp3) is 0.533. The number of hydrogen-bond donors (Lipinski definition) is 1. The molecule has 0 radical (unpaired) electrons. The molecule has 1 saturated carbocycles. The number of nitrogens with zero attached hydrogens (tertiary/aromatic N) is 3. The fourth-order valence-electron chi connectivity index (χ4n) is 3.05. The third-order valence-corrected chi connectivity index (χ3v) is 4.01. The van der Waals surface area contributed by atoms with Gasteiger partial charge in [-0.1, -0.05) is 0 Å². The number of aromatic nitrogens is 4. The molecular formula is C15H20N4O2. The van der Waals surface area contributed by atoms with Crippen molar-refractivity contribution in [3.05, 3.63) is 34.6 Å². The molecule has 1 N–H and O–H groups in total. The standard InChI is InChI=1S/C15H20N4O2/c1-3-21-15(6-4-5-7-15)14-17-12(8-13(20)18-14)11-9-16-19(2)10-11/h8-10H,3-7H2,1-2H3,(H,17,18,20). The topological polar surface area (TPSA) is 72.8 Å². The summed E-state index contributed by atoms with van der Waals surface area (Å²) in [4.78, 5) is 19.5. The average Bonchev–Trinajstić information content (AvgIpc) is 3.08. The lowest BCUT2D eigenvalue weighted by Crippen LogP contribution is -2.31. The summed E-state index contributed by atoms with van der Waals surface area (Å²) in [6, 6.07) is 1.51. The third kappa shape index (κ3) is 2.63. The van der Waals surface area contributed by atoms with Crippen LogP contribution in [0.4, 0.5) is 0 Å². The third-order valence-electron chi connectivity index (χ3n) is 4.01. The molecule has 2 heterocycles. The predicted octanol–water partition coefficient (Wildman–Crippen LogP) is 1.98. The first kappa shape index (κ1) is 14.0. The molecule has 0 bridgehead atoms. The number of nitrogens with one attached hydrogen (secondary N) is 1. The van der Waals surface area contributed by atoms with Gasteiger partial charge in [-0.25, -0.2) is 4.98 Å². The van der Waals surface area contributed by atoms with Crippen LogP contribution in [0.5, 0.6) is 0 Å². The van der Waals surface area contributed by atoms with Crippen LogP contribution in [0, 0.1) is 0 Å². The Hall–Kier alpha value is -1.95. The van der Waals surface area contributed by atoms with Crippen LogP contribution in [-0.4, -0.2) is 26.4 Å². The van der Waals surface area contributed by atoms with Gasteiger partial charge in [0.25, 0.3) is 5.56 Å². The molecule has 0 aliphatic heterocycles. The van der Waals surface area contributed by atoms with E-state index in [9.17, 15) is 4.79 Å². The van der Waals surface area contributed by atoms with E-state index in [4.69, 9.17) is 4.74 Å². The smallest absolute Gasteiger partial charge is 0.251 e. The van der Waals surface area contributed by atoms with Gasteiger partial charge >= 0.3 is 0 Å². The zero-order chi connectivity index (χ0) is 14.9. The first-order chi connectivity index (χ1) is 10.1. The zero-order valence-electron chi connectivity index (χ0n) is 12.4. The zero-order valence-corrected chi connectivity index (χ0v) is 12.4. The van der Waals surface area contributed by atoms with Gasteiger partial charge in [-0.2, -0.15) is 5.10 Å². The molecule has 1 fully saturated rings. The highest BCUT2D eigenvalue weighted by molar-refractivity contribution is 5.56. The van der Waals surface area contributed by atoms with Gasteiger partial charge < -0.3 is 9.72 Å². The van der Waals surface area contributed by atoms with E-state index >= 15 is 0 Å². The van der Waals surface area contributed by atoms with Crippen molar-refractivity contribution in [2.75, 3.05) is 6.61 Å². The van der Waals surface area contributed by atoms with Crippen molar-refractivity contribution in [3.63, 3.8) is 0 Å². The maximum absolute atomic E-state index is 12.0. The summed E-state index contributed by atoms with van der Waals surface area (Å²) in [7, 11) is 1.84. The molecule has 0 atom stereocenters. The lowest BCUT2D eigenvalue weighted by Gasteiger charge is -2.27. The number of ether oxygens (including phenoxy) is 1. The van der Waals surface area contributed by atoms with Crippen LogP contribution < -0.4 is 5.56 Å². The Kier molecular flexibility index (Phi) is 3.63. The van der Waals surface area contributed by atoms with Crippen LogP contribution in [0.25, 0.3) is 11.3 Å². The Balaban J connectivity index is 2.07. The minimum atomic E-state index is -0.438. The van der Waals surface area contributed by atoms with Crippen LogP contribution >= 0.6 is 0 Å². The van der Waals surface area contributed by atoms with Crippen molar-refractivity contribution in [1.82, 2.24) is 19.7 Å². The SMILES string of the molecule is CCOC1(c2nc(-c3cnn(C)c3)cc(=O)[nH]2)CCCC1. The molecule has 1 aliphatic rings. The van der Waals surface area contributed by atoms with E-state index in [0.29, 0.717) is 18.1 Å². The van der Waals surface area contributed by atoms with Crippen LogP contribution in [0.3, 0.4) is 0 Å². The minimum Gasteiger partial charge on any atom is -0.367 e. The number of rotatable bonds is 4. The largest absolute Gasteiger partial charge is 0.367 e. The molecule has 21 heavy (non-hydrogen) atoms. The van der Waals surface area contributed by atoms with E-state index in [0.717, 1.165) is 31.2 Å². The van der Waals surface area contributed by atoms with E-state index in [1.807, 2.05) is 20.2 Å². The Labute approximate surface area is 123 Å². The van der Waals surface area contributed by atoms with Crippen LogP contribution in [-0.2, 0) is 17.4 Å². The van der Waals surface area contributed by atoms with Gasteiger partial charge in [0.05, 0.1) is 11.9 Å². The molecule has 6 nitrogen and oxygen atoms in total.